The Morgan fingerprint density at radius 1 is 1.33 bits per heavy atom. The lowest BCUT2D eigenvalue weighted by Gasteiger charge is -2.35. The second kappa shape index (κ2) is 7.98. The molecule has 0 radical (unpaired) electrons. The van der Waals surface area contributed by atoms with Crippen LogP contribution >= 0.6 is 0 Å². The highest BCUT2D eigenvalue weighted by Crippen LogP contribution is 2.37. The molecule has 1 aliphatic carbocycles. The van der Waals surface area contributed by atoms with Crippen LogP contribution in [0.2, 0.25) is 0 Å². The highest BCUT2D eigenvalue weighted by Gasteiger charge is 2.29. The van der Waals surface area contributed by atoms with E-state index < -0.39 is 0 Å². The Labute approximate surface area is 130 Å². The second-order valence-electron chi connectivity index (χ2n) is 6.97. The number of nitrogens with zero attached hydrogens (tertiary/aromatic N) is 2. The summed E-state index contributed by atoms with van der Waals surface area (Å²) in [6.45, 7) is 7.59. The van der Waals surface area contributed by atoms with Crippen LogP contribution in [-0.2, 0) is 6.42 Å². The molecule has 0 saturated heterocycles. The molecule has 0 aromatic carbocycles. The van der Waals surface area contributed by atoms with Gasteiger partial charge in [0.1, 0.15) is 0 Å². The van der Waals surface area contributed by atoms with E-state index in [1.54, 1.807) is 0 Å². The first-order valence-electron chi connectivity index (χ1n) is 8.91. The second-order valence-corrected chi connectivity index (χ2v) is 6.97. The molecule has 0 aliphatic heterocycles. The van der Waals surface area contributed by atoms with Crippen molar-refractivity contribution in [3.8, 4) is 0 Å². The molecule has 3 heteroatoms. The Hall–Kier alpha value is -0.830. The van der Waals surface area contributed by atoms with Crippen molar-refractivity contribution in [3.63, 3.8) is 0 Å². The van der Waals surface area contributed by atoms with Crippen LogP contribution in [0, 0.1) is 17.8 Å². The van der Waals surface area contributed by atoms with Crippen LogP contribution in [0.5, 0.6) is 0 Å². The van der Waals surface area contributed by atoms with Gasteiger partial charge in [-0.15, -0.1) is 0 Å². The quantitative estimate of drug-likeness (QED) is 0.818. The van der Waals surface area contributed by atoms with Gasteiger partial charge in [0.05, 0.1) is 5.69 Å². The number of hydrogen-bond donors (Lipinski definition) is 1. The number of aromatic nitrogens is 2. The summed E-state index contributed by atoms with van der Waals surface area (Å²) in [4.78, 5) is 0. The molecular weight excluding hydrogens is 258 g/mol. The lowest BCUT2D eigenvalue weighted by molar-refractivity contribution is 0.174. The van der Waals surface area contributed by atoms with Gasteiger partial charge in [0.25, 0.3) is 0 Å². The summed E-state index contributed by atoms with van der Waals surface area (Å²) in [7, 11) is 0. The van der Waals surface area contributed by atoms with Crippen LogP contribution in [0.3, 0.4) is 0 Å². The zero-order chi connectivity index (χ0) is 15.2. The standard InChI is InChI=1S/C18H33N3/c1-4-6-15-7-8-16(13-19)17(11-15)12-18-9-10-21(20-18)14(3)5-2/h9-10,14-17H,4-8,11-13,19H2,1-3H3. The Morgan fingerprint density at radius 2 is 2.14 bits per heavy atom. The maximum absolute atomic E-state index is 6.02. The van der Waals surface area contributed by atoms with E-state index in [4.69, 9.17) is 10.8 Å². The maximum atomic E-state index is 6.02. The summed E-state index contributed by atoms with van der Waals surface area (Å²) < 4.78 is 2.12. The molecule has 2 rings (SSSR count). The number of rotatable bonds is 7. The summed E-state index contributed by atoms with van der Waals surface area (Å²) in [5, 5.41) is 4.79. The molecule has 1 fully saturated rings. The van der Waals surface area contributed by atoms with Crippen LogP contribution in [-0.4, -0.2) is 16.3 Å². The van der Waals surface area contributed by atoms with Crippen molar-refractivity contribution in [3.05, 3.63) is 18.0 Å². The van der Waals surface area contributed by atoms with Gasteiger partial charge in [0.15, 0.2) is 0 Å². The van der Waals surface area contributed by atoms with Gasteiger partial charge < -0.3 is 5.73 Å². The minimum atomic E-state index is 0.503. The zero-order valence-electron chi connectivity index (χ0n) is 14.1. The molecule has 0 spiro atoms. The highest BCUT2D eigenvalue weighted by molar-refractivity contribution is 5.02. The van der Waals surface area contributed by atoms with Crippen molar-refractivity contribution in [2.45, 2.75) is 71.8 Å². The van der Waals surface area contributed by atoms with Crippen LogP contribution in [0.1, 0.15) is 71.0 Å². The van der Waals surface area contributed by atoms with E-state index in [-0.39, 0.29) is 0 Å². The fourth-order valence-electron chi connectivity index (χ4n) is 3.84. The molecule has 4 unspecified atom stereocenters. The van der Waals surface area contributed by atoms with Crippen LogP contribution in [0.15, 0.2) is 12.3 Å². The molecular formula is C18H33N3. The molecule has 1 aromatic heterocycles. The third kappa shape index (κ3) is 4.32. The minimum absolute atomic E-state index is 0.503. The fourth-order valence-corrected chi connectivity index (χ4v) is 3.84. The zero-order valence-corrected chi connectivity index (χ0v) is 14.1. The van der Waals surface area contributed by atoms with Crippen LogP contribution in [0.4, 0.5) is 0 Å². The first-order chi connectivity index (χ1) is 10.2. The first kappa shape index (κ1) is 16.5. The Morgan fingerprint density at radius 3 is 2.81 bits per heavy atom. The van der Waals surface area contributed by atoms with E-state index in [1.165, 1.54) is 37.8 Å². The average Bonchev–Trinajstić information content (AvgIpc) is 2.96. The number of hydrogen-bond acceptors (Lipinski definition) is 2. The molecule has 0 bridgehead atoms. The van der Waals surface area contributed by atoms with Crippen LogP contribution in [0.25, 0.3) is 0 Å². The highest BCUT2D eigenvalue weighted by atomic mass is 15.3. The van der Waals surface area contributed by atoms with Crippen molar-refractivity contribution >= 4 is 0 Å². The van der Waals surface area contributed by atoms with Crippen molar-refractivity contribution in [2.24, 2.45) is 23.5 Å². The molecule has 1 aliphatic rings. The van der Waals surface area contributed by atoms with Crippen molar-refractivity contribution in [2.75, 3.05) is 6.54 Å². The SMILES string of the molecule is CCCC1CCC(CN)C(Cc2ccn(C(C)CC)n2)C1. The van der Waals surface area contributed by atoms with E-state index in [9.17, 15) is 0 Å². The smallest absolute Gasteiger partial charge is 0.0627 e. The van der Waals surface area contributed by atoms with Gasteiger partial charge in [0, 0.05) is 12.2 Å². The van der Waals surface area contributed by atoms with Crippen molar-refractivity contribution < 1.29 is 0 Å². The summed E-state index contributed by atoms with van der Waals surface area (Å²) in [5.41, 5.74) is 7.28. The summed E-state index contributed by atoms with van der Waals surface area (Å²) in [6.07, 6.45) is 11.1. The van der Waals surface area contributed by atoms with Gasteiger partial charge >= 0.3 is 0 Å². The first-order valence-corrected chi connectivity index (χ1v) is 8.91. The fraction of sp³-hybridized carbons (Fsp3) is 0.833. The summed E-state index contributed by atoms with van der Waals surface area (Å²) in [5.74, 6) is 2.35. The predicted octanol–water partition coefficient (Wildman–Crippen LogP) is 4.19. The Balaban J connectivity index is 1.99. The van der Waals surface area contributed by atoms with Gasteiger partial charge in [0.2, 0.25) is 0 Å². The molecule has 4 atom stereocenters. The summed E-state index contributed by atoms with van der Waals surface area (Å²) in [6, 6.07) is 2.71. The van der Waals surface area contributed by atoms with Crippen molar-refractivity contribution in [1.82, 2.24) is 9.78 Å². The average molecular weight is 291 g/mol. The molecule has 2 N–H and O–H groups in total. The molecule has 120 valence electrons. The Kier molecular flexibility index (Phi) is 6.28. The lowest BCUT2D eigenvalue weighted by atomic mass is 9.71. The molecule has 1 aromatic rings. The molecule has 0 amide bonds. The predicted molar refractivity (Wildman–Crippen MR) is 89.2 cm³/mol. The van der Waals surface area contributed by atoms with Gasteiger partial charge in [-0.3, -0.25) is 4.68 Å². The van der Waals surface area contributed by atoms with E-state index in [0.717, 1.165) is 31.2 Å². The molecule has 1 saturated carbocycles. The monoisotopic (exact) mass is 291 g/mol. The van der Waals surface area contributed by atoms with E-state index in [2.05, 4.69) is 37.7 Å². The maximum Gasteiger partial charge on any atom is 0.0627 e. The number of nitrogens with two attached hydrogens (primary N) is 1. The lowest BCUT2D eigenvalue weighted by Crippen LogP contribution is -2.31. The third-order valence-corrected chi connectivity index (χ3v) is 5.43. The van der Waals surface area contributed by atoms with Crippen LogP contribution < -0.4 is 5.73 Å². The Bertz CT molecular complexity index is 412. The largest absolute Gasteiger partial charge is 0.330 e. The molecule has 1 heterocycles. The summed E-state index contributed by atoms with van der Waals surface area (Å²) >= 11 is 0. The topological polar surface area (TPSA) is 43.8 Å². The third-order valence-electron chi connectivity index (χ3n) is 5.43. The van der Waals surface area contributed by atoms with E-state index >= 15 is 0 Å². The van der Waals surface area contributed by atoms with Gasteiger partial charge in [-0.05, 0) is 63.0 Å². The van der Waals surface area contributed by atoms with Gasteiger partial charge in [-0.2, -0.15) is 5.10 Å². The van der Waals surface area contributed by atoms with Gasteiger partial charge in [-0.25, -0.2) is 0 Å². The van der Waals surface area contributed by atoms with E-state index in [0.29, 0.717) is 12.0 Å². The van der Waals surface area contributed by atoms with Gasteiger partial charge in [-0.1, -0.05) is 33.1 Å². The van der Waals surface area contributed by atoms with Crippen molar-refractivity contribution in [1.29, 1.82) is 0 Å². The molecule has 3 nitrogen and oxygen atoms in total. The van der Waals surface area contributed by atoms with E-state index in [1.807, 2.05) is 0 Å². The minimum Gasteiger partial charge on any atom is -0.330 e. The normalized spacial score (nSPS) is 27.7. The molecule has 21 heavy (non-hydrogen) atoms.